The smallest absolute Gasteiger partial charge is 0.243 e. The highest BCUT2D eigenvalue weighted by molar-refractivity contribution is 7.89. The molecule has 1 fully saturated rings. The maximum absolute atomic E-state index is 12.9. The Bertz CT molecular complexity index is 1170. The number of hydrogen-bond donors (Lipinski definition) is 1. The van der Waals surface area contributed by atoms with Crippen LogP contribution in [0.2, 0.25) is 5.02 Å². The van der Waals surface area contributed by atoms with Crippen molar-refractivity contribution in [2.75, 3.05) is 13.1 Å². The second-order valence-electron chi connectivity index (χ2n) is 7.39. The van der Waals surface area contributed by atoms with Crippen molar-refractivity contribution in [3.63, 3.8) is 0 Å². The van der Waals surface area contributed by atoms with Gasteiger partial charge in [0.1, 0.15) is 11.5 Å². The van der Waals surface area contributed by atoms with Crippen LogP contribution in [-0.4, -0.2) is 36.7 Å². The van der Waals surface area contributed by atoms with Gasteiger partial charge in [-0.2, -0.15) is 4.31 Å². The predicted octanol–water partition coefficient (Wildman–Crippen LogP) is 4.08. The summed E-state index contributed by atoms with van der Waals surface area (Å²) in [7, 11) is -3.67. The maximum Gasteiger partial charge on any atom is 0.243 e. The Morgan fingerprint density at radius 2 is 2.06 bits per heavy atom. The Hall–Kier alpha value is -2.20. The predicted molar refractivity (Wildman–Crippen MR) is 119 cm³/mol. The van der Waals surface area contributed by atoms with Crippen LogP contribution in [0.5, 0.6) is 0 Å². The molecule has 164 valence electrons. The highest BCUT2D eigenvalue weighted by atomic mass is 35.5. The van der Waals surface area contributed by atoms with E-state index in [1.165, 1.54) is 16.4 Å². The first-order valence-electron chi connectivity index (χ1n) is 9.87. The van der Waals surface area contributed by atoms with Crippen LogP contribution in [0.25, 0.3) is 11.5 Å². The topological polar surface area (TPSA) is 92.5 Å². The van der Waals surface area contributed by atoms with Gasteiger partial charge in [-0.05, 0) is 56.2 Å². The van der Waals surface area contributed by atoms with Gasteiger partial charge in [0.2, 0.25) is 15.9 Å². The van der Waals surface area contributed by atoms with Crippen LogP contribution in [0, 0.1) is 12.8 Å². The summed E-state index contributed by atoms with van der Waals surface area (Å²) in [6, 6.07) is 9.71. The fraction of sp³-hybridized carbons (Fsp3) is 0.333. The second kappa shape index (κ2) is 9.12. The van der Waals surface area contributed by atoms with Crippen molar-refractivity contribution in [2.24, 2.45) is 5.92 Å². The standard InChI is InChI=1S/C21H22ClN3O4S2/c1-14-24-19(13-30-14)20-9-6-17(29-20)11-23-21(26)15-3-2-10-25(12-15)31(27,28)18-7-4-16(22)5-8-18/h4-9,13,15H,2-3,10-12H2,1H3,(H,23,26). The van der Waals surface area contributed by atoms with E-state index in [9.17, 15) is 13.2 Å². The van der Waals surface area contributed by atoms with Crippen LogP contribution in [0.15, 0.2) is 51.1 Å². The Kier molecular flexibility index (Phi) is 6.47. The fourth-order valence-electron chi connectivity index (χ4n) is 3.54. The summed E-state index contributed by atoms with van der Waals surface area (Å²) in [6.07, 6.45) is 1.26. The van der Waals surface area contributed by atoms with Crippen LogP contribution in [0.1, 0.15) is 23.6 Å². The number of benzene rings is 1. The van der Waals surface area contributed by atoms with E-state index in [1.807, 2.05) is 24.4 Å². The van der Waals surface area contributed by atoms with Gasteiger partial charge in [0, 0.05) is 23.5 Å². The van der Waals surface area contributed by atoms with Crippen LogP contribution in [0.3, 0.4) is 0 Å². The molecular weight excluding hydrogens is 458 g/mol. The van der Waals surface area contributed by atoms with E-state index in [1.54, 1.807) is 23.5 Å². The first-order chi connectivity index (χ1) is 14.8. The number of thiazole rings is 1. The summed E-state index contributed by atoms with van der Waals surface area (Å²) in [6.45, 7) is 2.71. The second-order valence-corrected chi connectivity index (χ2v) is 10.8. The average Bonchev–Trinajstić information content (AvgIpc) is 3.41. The Balaban J connectivity index is 1.37. The van der Waals surface area contributed by atoms with Crippen LogP contribution in [0.4, 0.5) is 0 Å². The molecule has 31 heavy (non-hydrogen) atoms. The molecule has 0 spiro atoms. The van der Waals surface area contributed by atoms with Gasteiger partial charge >= 0.3 is 0 Å². The molecule has 2 aromatic heterocycles. The van der Waals surface area contributed by atoms with E-state index in [4.69, 9.17) is 16.0 Å². The van der Waals surface area contributed by atoms with E-state index in [0.717, 1.165) is 10.7 Å². The number of hydrogen-bond acceptors (Lipinski definition) is 6. The lowest BCUT2D eigenvalue weighted by atomic mass is 9.99. The molecule has 4 rings (SSSR count). The van der Waals surface area contributed by atoms with Crippen LogP contribution >= 0.6 is 22.9 Å². The minimum Gasteiger partial charge on any atom is -0.458 e. The molecule has 10 heteroatoms. The number of piperidine rings is 1. The molecule has 1 aliphatic rings. The summed E-state index contributed by atoms with van der Waals surface area (Å²) >= 11 is 7.41. The van der Waals surface area contributed by atoms with Crippen molar-refractivity contribution in [3.8, 4) is 11.5 Å². The highest BCUT2D eigenvalue weighted by Crippen LogP contribution is 2.26. The molecule has 1 aliphatic heterocycles. The molecule has 1 amide bonds. The van der Waals surface area contributed by atoms with Gasteiger partial charge in [0.05, 0.1) is 22.4 Å². The largest absolute Gasteiger partial charge is 0.458 e. The molecular formula is C21H22ClN3O4S2. The van der Waals surface area contributed by atoms with Gasteiger partial charge in [0.25, 0.3) is 0 Å². The number of carbonyl (C=O) groups excluding carboxylic acids is 1. The van der Waals surface area contributed by atoms with Crippen molar-refractivity contribution in [3.05, 3.63) is 57.6 Å². The Morgan fingerprint density at radius 1 is 1.29 bits per heavy atom. The third-order valence-corrected chi connectivity index (χ3v) is 8.08. The third kappa shape index (κ3) is 5.01. The van der Waals surface area contributed by atoms with E-state index in [2.05, 4.69) is 10.3 Å². The molecule has 1 saturated heterocycles. The lowest BCUT2D eigenvalue weighted by Crippen LogP contribution is -2.45. The van der Waals surface area contributed by atoms with Gasteiger partial charge in [0.15, 0.2) is 5.76 Å². The first-order valence-corrected chi connectivity index (χ1v) is 12.6. The zero-order valence-electron chi connectivity index (χ0n) is 16.9. The van der Waals surface area contributed by atoms with Crippen molar-refractivity contribution in [1.82, 2.24) is 14.6 Å². The number of nitrogens with one attached hydrogen (secondary N) is 1. The summed E-state index contributed by atoms with van der Waals surface area (Å²) in [4.78, 5) is 17.3. The summed E-state index contributed by atoms with van der Waals surface area (Å²) in [5, 5.41) is 6.22. The number of aryl methyl sites for hydroxylation is 1. The van der Waals surface area contributed by atoms with Crippen molar-refractivity contribution >= 4 is 38.9 Å². The number of nitrogens with zero attached hydrogens (tertiary/aromatic N) is 2. The normalized spacial score (nSPS) is 17.5. The monoisotopic (exact) mass is 479 g/mol. The molecule has 1 unspecified atom stereocenters. The van der Waals surface area contributed by atoms with Gasteiger partial charge in [-0.15, -0.1) is 11.3 Å². The number of sulfonamides is 1. The Morgan fingerprint density at radius 3 is 2.77 bits per heavy atom. The number of aromatic nitrogens is 1. The Labute approximate surface area is 190 Å². The zero-order chi connectivity index (χ0) is 22.0. The van der Waals surface area contributed by atoms with Crippen LogP contribution in [-0.2, 0) is 21.4 Å². The van der Waals surface area contributed by atoms with E-state index in [0.29, 0.717) is 35.9 Å². The lowest BCUT2D eigenvalue weighted by Gasteiger charge is -2.31. The summed E-state index contributed by atoms with van der Waals surface area (Å²) < 4.78 is 33.0. The van der Waals surface area contributed by atoms with Gasteiger partial charge in [-0.3, -0.25) is 4.79 Å². The number of halogens is 1. The number of rotatable bonds is 6. The van der Waals surface area contributed by atoms with Gasteiger partial charge in [-0.25, -0.2) is 13.4 Å². The zero-order valence-corrected chi connectivity index (χ0v) is 19.3. The molecule has 0 radical (unpaired) electrons. The molecule has 0 bridgehead atoms. The van der Waals surface area contributed by atoms with Crippen molar-refractivity contribution in [2.45, 2.75) is 31.2 Å². The molecule has 7 nitrogen and oxygen atoms in total. The first kappa shape index (κ1) is 22.0. The molecule has 1 aromatic carbocycles. The van der Waals surface area contributed by atoms with E-state index < -0.39 is 15.9 Å². The van der Waals surface area contributed by atoms with E-state index in [-0.39, 0.29) is 23.9 Å². The number of amides is 1. The molecule has 1 atom stereocenters. The quantitative estimate of drug-likeness (QED) is 0.575. The highest BCUT2D eigenvalue weighted by Gasteiger charge is 2.33. The molecule has 3 heterocycles. The van der Waals surface area contributed by atoms with Crippen molar-refractivity contribution < 1.29 is 17.6 Å². The van der Waals surface area contributed by atoms with Gasteiger partial charge in [-0.1, -0.05) is 11.6 Å². The summed E-state index contributed by atoms with van der Waals surface area (Å²) in [5.41, 5.74) is 0.774. The van der Waals surface area contributed by atoms with Crippen LogP contribution < -0.4 is 5.32 Å². The van der Waals surface area contributed by atoms with E-state index >= 15 is 0 Å². The molecule has 1 N–H and O–H groups in total. The fourth-order valence-corrected chi connectivity index (χ4v) is 5.79. The average molecular weight is 480 g/mol. The third-order valence-electron chi connectivity index (χ3n) is 5.18. The number of carbonyl (C=O) groups is 1. The minimum atomic E-state index is -3.67. The summed E-state index contributed by atoms with van der Waals surface area (Å²) in [5.74, 6) is 0.687. The molecule has 0 saturated carbocycles. The lowest BCUT2D eigenvalue weighted by molar-refractivity contribution is -0.126. The number of furan rings is 1. The minimum absolute atomic E-state index is 0.151. The molecule has 3 aromatic rings. The SMILES string of the molecule is Cc1nc(-c2ccc(CNC(=O)C3CCCN(S(=O)(=O)c4ccc(Cl)cc4)C3)o2)cs1. The van der Waals surface area contributed by atoms with Gasteiger partial charge < -0.3 is 9.73 Å². The molecule has 0 aliphatic carbocycles. The van der Waals surface area contributed by atoms with Crippen molar-refractivity contribution in [1.29, 1.82) is 0 Å². The maximum atomic E-state index is 12.9.